The smallest absolute Gasteiger partial charge is 0.273 e. The molecule has 0 saturated carbocycles. The molecular formula is C18H15Cl2N3O3. The van der Waals surface area contributed by atoms with Crippen molar-refractivity contribution in [1.82, 2.24) is 15.1 Å². The largest absolute Gasteiger partial charge is 0.354 e. The summed E-state index contributed by atoms with van der Waals surface area (Å²) in [5.74, 6) is -0.386. The lowest BCUT2D eigenvalue weighted by Gasteiger charge is -2.09. The fraction of sp³-hybridized carbons (Fsp3) is 0.167. The number of halogens is 2. The van der Waals surface area contributed by atoms with Gasteiger partial charge >= 0.3 is 0 Å². The molecule has 0 aliphatic carbocycles. The summed E-state index contributed by atoms with van der Waals surface area (Å²) in [4.78, 5) is 36.5. The van der Waals surface area contributed by atoms with Crippen molar-refractivity contribution < 1.29 is 4.79 Å². The molecule has 0 unspecified atom stereocenters. The van der Waals surface area contributed by atoms with Crippen LogP contribution in [0.15, 0.2) is 52.1 Å². The number of nitrogens with one attached hydrogen (secondary N) is 2. The normalized spacial score (nSPS) is 10.8. The van der Waals surface area contributed by atoms with E-state index in [1.165, 1.54) is 0 Å². The Hall–Kier alpha value is -2.57. The lowest BCUT2D eigenvalue weighted by molar-refractivity contribution is -0.121. The number of aromatic amines is 1. The number of benzene rings is 2. The Labute approximate surface area is 158 Å². The van der Waals surface area contributed by atoms with Gasteiger partial charge < -0.3 is 5.32 Å². The molecule has 0 aliphatic rings. The van der Waals surface area contributed by atoms with E-state index >= 15 is 0 Å². The minimum absolute atomic E-state index is 0.271. The van der Waals surface area contributed by atoms with Gasteiger partial charge in [-0.3, -0.25) is 19.5 Å². The molecule has 0 fully saturated rings. The van der Waals surface area contributed by atoms with Crippen molar-refractivity contribution in [1.29, 1.82) is 0 Å². The van der Waals surface area contributed by atoms with Crippen molar-refractivity contribution in [3.05, 3.63) is 78.8 Å². The van der Waals surface area contributed by atoms with Gasteiger partial charge in [0.2, 0.25) is 5.91 Å². The van der Waals surface area contributed by atoms with Gasteiger partial charge in [0.15, 0.2) is 0 Å². The highest BCUT2D eigenvalue weighted by Crippen LogP contribution is 2.20. The number of hydrogen-bond acceptors (Lipinski definition) is 3. The van der Waals surface area contributed by atoms with Crippen LogP contribution in [-0.4, -0.2) is 22.2 Å². The minimum atomic E-state index is -0.420. The van der Waals surface area contributed by atoms with Crippen LogP contribution in [0.3, 0.4) is 0 Å². The Bertz CT molecular complexity index is 1090. The molecule has 26 heavy (non-hydrogen) atoms. The highest BCUT2D eigenvalue weighted by atomic mass is 35.5. The first-order valence-electron chi connectivity index (χ1n) is 7.88. The molecule has 0 saturated heterocycles. The summed E-state index contributed by atoms with van der Waals surface area (Å²) in [5.41, 5.74) is 0.0182. The molecule has 0 radical (unpaired) electrons. The van der Waals surface area contributed by atoms with Crippen LogP contribution < -0.4 is 16.4 Å². The van der Waals surface area contributed by atoms with E-state index in [0.717, 1.165) is 10.2 Å². The molecule has 3 rings (SSSR count). The van der Waals surface area contributed by atoms with Crippen LogP contribution in [0.2, 0.25) is 10.0 Å². The number of rotatable bonds is 5. The standard InChI is InChI=1S/C18H15Cl2N3O3/c19-12-6-5-11(15(20)9-12)7-8-21-16(24)10-23-18(26)14-4-2-1-3-13(14)17(25)22-23/h1-6,9H,7-8,10H2,(H,21,24)(H,22,25). The molecule has 2 aromatic carbocycles. The van der Waals surface area contributed by atoms with Gasteiger partial charge in [-0.2, -0.15) is 0 Å². The Kier molecular flexibility index (Phi) is 5.44. The van der Waals surface area contributed by atoms with Gasteiger partial charge in [0, 0.05) is 16.6 Å². The van der Waals surface area contributed by atoms with Crippen molar-refractivity contribution in [2.75, 3.05) is 6.54 Å². The monoisotopic (exact) mass is 391 g/mol. The third-order valence-corrected chi connectivity index (χ3v) is 4.50. The zero-order valence-electron chi connectivity index (χ0n) is 13.6. The van der Waals surface area contributed by atoms with E-state index in [4.69, 9.17) is 23.2 Å². The number of carbonyl (C=O) groups excluding carboxylic acids is 1. The Morgan fingerprint density at radius 2 is 1.81 bits per heavy atom. The molecule has 1 aromatic heterocycles. The molecule has 2 N–H and O–H groups in total. The predicted molar refractivity (Wildman–Crippen MR) is 102 cm³/mol. The second-order valence-corrected chi connectivity index (χ2v) is 6.56. The maximum Gasteiger partial charge on any atom is 0.273 e. The summed E-state index contributed by atoms with van der Waals surface area (Å²) >= 11 is 11.9. The van der Waals surface area contributed by atoms with Crippen LogP contribution in [0, 0.1) is 0 Å². The zero-order valence-corrected chi connectivity index (χ0v) is 15.1. The van der Waals surface area contributed by atoms with Crippen molar-refractivity contribution in [3.63, 3.8) is 0 Å². The second-order valence-electron chi connectivity index (χ2n) is 5.71. The quantitative estimate of drug-likeness (QED) is 0.699. The number of amides is 1. The van der Waals surface area contributed by atoms with E-state index in [9.17, 15) is 14.4 Å². The first-order valence-corrected chi connectivity index (χ1v) is 8.64. The summed E-state index contributed by atoms with van der Waals surface area (Å²) in [5, 5.41) is 6.77. The number of hydrogen-bond donors (Lipinski definition) is 2. The fourth-order valence-electron chi connectivity index (χ4n) is 2.62. The number of fused-ring (bicyclic) bond motifs is 1. The summed E-state index contributed by atoms with van der Waals surface area (Å²) in [7, 11) is 0. The molecule has 1 heterocycles. The first-order chi connectivity index (χ1) is 12.5. The van der Waals surface area contributed by atoms with Gasteiger partial charge in [-0.05, 0) is 36.2 Å². The number of H-pyrrole nitrogens is 1. The number of nitrogens with zero attached hydrogens (tertiary/aromatic N) is 1. The van der Waals surface area contributed by atoms with Crippen LogP contribution in [0.5, 0.6) is 0 Å². The van der Waals surface area contributed by atoms with Gasteiger partial charge in [-0.25, -0.2) is 4.68 Å². The molecule has 0 spiro atoms. The maximum absolute atomic E-state index is 12.4. The average Bonchev–Trinajstić information content (AvgIpc) is 2.61. The van der Waals surface area contributed by atoms with Crippen molar-refractivity contribution in [2.24, 2.45) is 0 Å². The number of carbonyl (C=O) groups is 1. The van der Waals surface area contributed by atoms with Crippen LogP contribution in [0.4, 0.5) is 0 Å². The van der Waals surface area contributed by atoms with Crippen molar-refractivity contribution >= 4 is 39.9 Å². The van der Waals surface area contributed by atoms with E-state index in [2.05, 4.69) is 10.4 Å². The minimum Gasteiger partial charge on any atom is -0.354 e. The van der Waals surface area contributed by atoms with Crippen molar-refractivity contribution in [3.8, 4) is 0 Å². The molecule has 1 amide bonds. The Morgan fingerprint density at radius 1 is 1.08 bits per heavy atom. The molecule has 0 aliphatic heterocycles. The Balaban J connectivity index is 1.67. The van der Waals surface area contributed by atoms with Gasteiger partial charge in [-0.15, -0.1) is 0 Å². The van der Waals surface area contributed by atoms with E-state index in [0.29, 0.717) is 28.4 Å². The molecule has 134 valence electrons. The van der Waals surface area contributed by atoms with Crippen molar-refractivity contribution in [2.45, 2.75) is 13.0 Å². The van der Waals surface area contributed by atoms with Crippen LogP contribution in [0.1, 0.15) is 5.56 Å². The summed E-state index contributed by atoms with van der Waals surface area (Å²) in [6, 6.07) is 11.6. The highest BCUT2D eigenvalue weighted by molar-refractivity contribution is 6.35. The Morgan fingerprint density at radius 3 is 2.54 bits per heavy atom. The predicted octanol–water partition coefficient (Wildman–Crippen LogP) is 2.36. The highest BCUT2D eigenvalue weighted by Gasteiger charge is 2.10. The lowest BCUT2D eigenvalue weighted by atomic mass is 10.1. The second kappa shape index (κ2) is 7.76. The summed E-state index contributed by atoms with van der Waals surface area (Å²) in [6.45, 7) is 0.0695. The summed E-state index contributed by atoms with van der Waals surface area (Å²) in [6.07, 6.45) is 0.519. The first kappa shape index (κ1) is 18.2. The van der Waals surface area contributed by atoms with Crippen LogP contribution in [0.25, 0.3) is 10.8 Å². The molecule has 6 nitrogen and oxygen atoms in total. The van der Waals surface area contributed by atoms with Gasteiger partial charge in [0.05, 0.1) is 10.8 Å². The van der Waals surface area contributed by atoms with Gasteiger partial charge in [0.25, 0.3) is 11.1 Å². The molecule has 0 bridgehead atoms. The third kappa shape index (κ3) is 3.98. The van der Waals surface area contributed by atoms with E-state index in [1.54, 1.807) is 42.5 Å². The molecule has 3 aromatic rings. The van der Waals surface area contributed by atoms with Gasteiger partial charge in [-0.1, -0.05) is 41.4 Å². The maximum atomic E-state index is 12.4. The third-order valence-electron chi connectivity index (χ3n) is 3.92. The van der Waals surface area contributed by atoms with Crippen LogP contribution in [-0.2, 0) is 17.8 Å². The molecular weight excluding hydrogens is 377 g/mol. The average molecular weight is 392 g/mol. The zero-order chi connectivity index (χ0) is 18.7. The van der Waals surface area contributed by atoms with Crippen LogP contribution >= 0.6 is 23.2 Å². The van der Waals surface area contributed by atoms with Gasteiger partial charge in [0.1, 0.15) is 6.54 Å². The SMILES string of the molecule is O=C(Cn1[nH]c(=O)c2ccccc2c1=O)NCCc1ccc(Cl)cc1Cl. The fourth-order valence-corrected chi connectivity index (χ4v) is 3.12. The van der Waals surface area contributed by atoms with E-state index in [-0.39, 0.29) is 17.8 Å². The summed E-state index contributed by atoms with van der Waals surface area (Å²) < 4.78 is 1.01. The number of aromatic nitrogens is 2. The van der Waals surface area contributed by atoms with E-state index in [1.807, 2.05) is 0 Å². The topological polar surface area (TPSA) is 84.0 Å². The molecule has 8 heteroatoms. The van der Waals surface area contributed by atoms with E-state index < -0.39 is 11.1 Å². The molecule has 0 atom stereocenters. The lowest BCUT2D eigenvalue weighted by Crippen LogP contribution is -2.37.